The van der Waals surface area contributed by atoms with Crippen molar-refractivity contribution in [1.29, 1.82) is 0 Å². The predicted octanol–water partition coefficient (Wildman–Crippen LogP) is 6.92. The first-order valence-corrected chi connectivity index (χ1v) is 14.5. The topological polar surface area (TPSA) is 29.5 Å². The van der Waals surface area contributed by atoms with E-state index in [1.54, 1.807) is 0 Å². The molecular formula is C23H47NO2Si. The van der Waals surface area contributed by atoms with E-state index in [9.17, 15) is 4.79 Å². The average molecular weight is 398 g/mol. The normalized spacial score (nSPS) is 16.7. The highest BCUT2D eigenvalue weighted by molar-refractivity contribution is 6.74. The van der Waals surface area contributed by atoms with Gasteiger partial charge in [0.1, 0.15) is 0 Å². The third-order valence-electron chi connectivity index (χ3n) is 6.56. The van der Waals surface area contributed by atoms with E-state index < -0.39 is 8.32 Å². The number of carbonyl (C=O) groups is 1. The van der Waals surface area contributed by atoms with Gasteiger partial charge in [-0.15, -0.1) is 0 Å². The van der Waals surface area contributed by atoms with Crippen LogP contribution in [0.25, 0.3) is 0 Å². The van der Waals surface area contributed by atoms with Gasteiger partial charge in [0.2, 0.25) is 5.91 Å². The number of hydrogen-bond donors (Lipinski definition) is 0. The van der Waals surface area contributed by atoms with Crippen LogP contribution in [0.2, 0.25) is 18.1 Å². The van der Waals surface area contributed by atoms with Crippen LogP contribution in [0.15, 0.2) is 0 Å². The molecule has 0 aliphatic carbocycles. The molecular weight excluding hydrogens is 350 g/mol. The molecule has 0 radical (unpaired) electrons. The van der Waals surface area contributed by atoms with Gasteiger partial charge in [-0.05, 0) is 37.4 Å². The molecule has 1 aliphatic rings. The van der Waals surface area contributed by atoms with E-state index in [2.05, 4.69) is 45.7 Å². The zero-order valence-electron chi connectivity index (χ0n) is 19.2. The van der Waals surface area contributed by atoms with Crippen molar-refractivity contribution >= 4 is 14.2 Å². The van der Waals surface area contributed by atoms with Crippen LogP contribution in [0.5, 0.6) is 0 Å². The highest BCUT2D eigenvalue weighted by Crippen LogP contribution is 2.38. The quantitative estimate of drug-likeness (QED) is 0.264. The first-order chi connectivity index (χ1) is 12.7. The summed E-state index contributed by atoms with van der Waals surface area (Å²) in [4.78, 5) is 14.5. The molecule has 1 heterocycles. The molecule has 1 aliphatic heterocycles. The average Bonchev–Trinajstić information content (AvgIpc) is 2.59. The second kappa shape index (κ2) is 12.3. The Bertz CT molecular complexity index is 409. The van der Waals surface area contributed by atoms with Gasteiger partial charge in [0.05, 0.1) is 0 Å². The maximum absolute atomic E-state index is 12.5. The smallest absolute Gasteiger partial charge is 0.222 e. The van der Waals surface area contributed by atoms with Crippen molar-refractivity contribution in [3.8, 4) is 0 Å². The van der Waals surface area contributed by atoms with Crippen molar-refractivity contribution in [2.45, 2.75) is 129 Å². The molecule has 1 rings (SSSR count). The van der Waals surface area contributed by atoms with Crippen LogP contribution in [-0.4, -0.2) is 38.3 Å². The van der Waals surface area contributed by atoms with Crippen LogP contribution in [0.4, 0.5) is 0 Å². The minimum absolute atomic E-state index is 0.260. The minimum atomic E-state index is -1.69. The van der Waals surface area contributed by atoms with Crippen LogP contribution in [-0.2, 0) is 9.22 Å². The molecule has 4 heteroatoms. The summed E-state index contributed by atoms with van der Waals surface area (Å²) in [6, 6.07) is 0. The third kappa shape index (κ3) is 9.60. The molecule has 0 N–H and O–H groups in total. The third-order valence-corrected chi connectivity index (χ3v) is 11.1. The van der Waals surface area contributed by atoms with Crippen molar-refractivity contribution in [3.63, 3.8) is 0 Å². The fraction of sp³-hybridized carbons (Fsp3) is 0.957. The summed E-state index contributed by atoms with van der Waals surface area (Å²) in [6.07, 6.45) is 14.9. The molecule has 0 bridgehead atoms. The predicted molar refractivity (Wildman–Crippen MR) is 120 cm³/mol. The Morgan fingerprint density at radius 2 is 1.41 bits per heavy atom. The Hall–Kier alpha value is -0.353. The molecule has 0 aromatic rings. The number of unbranched alkanes of at least 4 members (excludes halogenated alkanes) is 8. The molecule has 1 saturated heterocycles. The number of carbonyl (C=O) groups excluding carboxylic acids is 1. The lowest BCUT2D eigenvalue weighted by Crippen LogP contribution is -2.48. The number of hydrogen-bond acceptors (Lipinski definition) is 2. The van der Waals surface area contributed by atoms with Gasteiger partial charge in [0.15, 0.2) is 8.32 Å². The van der Waals surface area contributed by atoms with Crippen molar-refractivity contribution in [2.24, 2.45) is 0 Å². The first kappa shape index (κ1) is 24.7. The van der Waals surface area contributed by atoms with Crippen LogP contribution < -0.4 is 0 Å². The van der Waals surface area contributed by atoms with E-state index in [4.69, 9.17) is 4.43 Å². The standard InChI is InChI=1S/C23H47NO2Si/c1-7-8-9-10-11-12-13-14-15-16-22(25)24-19-17-21(18-20-24)26-27(5,6)23(2,3)4/h21H,7-20H2,1-6H3. The lowest BCUT2D eigenvalue weighted by molar-refractivity contribution is -0.133. The lowest BCUT2D eigenvalue weighted by atomic mass is 10.0. The Balaban J connectivity index is 2.12. The Morgan fingerprint density at radius 1 is 0.926 bits per heavy atom. The summed E-state index contributed by atoms with van der Waals surface area (Å²) in [5, 5.41) is 0.260. The van der Waals surface area contributed by atoms with Crippen LogP contribution in [0.3, 0.4) is 0 Å². The van der Waals surface area contributed by atoms with Crippen molar-refractivity contribution < 1.29 is 9.22 Å². The lowest BCUT2D eigenvalue weighted by Gasteiger charge is -2.42. The molecule has 1 amide bonds. The number of piperidine rings is 1. The van der Waals surface area contributed by atoms with Gasteiger partial charge in [-0.2, -0.15) is 0 Å². The molecule has 0 aromatic carbocycles. The zero-order valence-corrected chi connectivity index (χ0v) is 20.2. The van der Waals surface area contributed by atoms with Gasteiger partial charge in [0.25, 0.3) is 0 Å². The molecule has 3 nitrogen and oxygen atoms in total. The van der Waals surface area contributed by atoms with E-state index in [-0.39, 0.29) is 5.04 Å². The maximum atomic E-state index is 12.5. The van der Waals surface area contributed by atoms with Gasteiger partial charge in [0, 0.05) is 25.6 Å². The second-order valence-corrected chi connectivity index (χ2v) is 14.8. The molecule has 27 heavy (non-hydrogen) atoms. The zero-order chi connectivity index (χ0) is 20.3. The molecule has 0 aromatic heterocycles. The van der Waals surface area contributed by atoms with Gasteiger partial charge in [-0.25, -0.2) is 0 Å². The van der Waals surface area contributed by atoms with E-state index >= 15 is 0 Å². The highest BCUT2D eigenvalue weighted by atomic mass is 28.4. The van der Waals surface area contributed by atoms with Crippen molar-refractivity contribution in [3.05, 3.63) is 0 Å². The number of amides is 1. The molecule has 0 saturated carbocycles. The first-order valence-electron chi connectivity index (χ1n) is 11.6. The van der Waals surface area contributed by atoms with Crippen LogP contribution in [0, 0.1) is 0 Å². The van der Waals surface area contributed by atoms with Gasteiger partial charge >= 0.3 is 0 Å². The summed E-state index contributed by atoms with van der Waals surface area (Å²) in [6.45, 7) is 15.6. The SMILES string of the molecule is CCCCCCCCCCCC(=O)N1CCC(O[Si](C)(C)C(C)(C)C)CC1. The van der Waals surface area contributed by atoms with Gasteiger partial charge in [-0.1, -0.05) is 79.1 Å². The Kier molecular flexibility index (Phi) is 11.2. The number of likely N-dealkylation sites (tertiary alicyclic amines) is 1. The summed E-state index contributed by atoms with van der Waals surface area (Å²) in [5.74, 6) is 0.365. The number of rotatable bonds is 12. The van der Waals surface area contributed by atoms with E-state index in [1.807, 2.05) is 0 Å². The highest BCUT2D eigenvalue weighted by Gasteiger charge is 2.39. The Labute approximate surface area is 170 Å². The molecule has 0 unspecified atom stereocenters. The fourth-order valence-corrected chi connectivity index (χ4v) is 4.98. The summed E-state index contributed by atoms with van der Waals surface area (Å²) < 4.78 is 6.53. The summed E-state index contributed by atoms with van der Waals surface area (Å²) in [7, 11) is -1.69. The molecule has 1 fully saturated rings. The summed E-state index contributed by atoms with van der Waals surface area (Å²) >= 11 is 0. The van der Waals surface area contributed by atoms with Crippen LogP contribution >= 0.6 is 0 Å². The Morgan fingerprint density at radius 3 is 1.89 bits per heavy atom. The second-order valence-electron chi connectivity index (χ2n) is 10.0. The van der Waals surface area contributed by atoms with Crippen LogP contribution in [0.1, 0.15) is 105 Å². The van der Waals surface area contributed by atoms with E-state index in [0.717, 1.165) is 38.8 Å². The number of nitrogens with zero attached hydrogens (tertiary/aromatic N) is 1. The van der Waals surface area contributed by atoms with Gasteiger partial charge < -0.3 is 9.33 Å². The fourth-order valence-electron chi connectivity index (χ4n) is 3.56. The van der Waals surface area contributed by atoms with Gasteiger partial charge in [-0.3, -0.25) is 4.79 Å². The van der Waals surface area contributed by atoms with Crippen molar-refractivity contribution in [2.75, 3.05) is 13.1 Å². The maximum Gasteiger partial charge on any atom is 0.222 e. The summed E-state index contributed by atoms with van der Waals surface area (Å²) in [5.41, 5.74) is 0. The van der Waals surface area contributed by atoms with E-state index in [1.165, 1.54) is 51.4 Å². The molecule has 0 spiro atoms. The minimum Gasteiger partial charge on any atom is -0.414 e. The molecule has 0 atom stereocenters. The monoisotopic (exact) mass is 397 g/mol. The molecule has 160 valence electrons. The van der Waals surface area contributed by atoms with Crippen molar-refractivity contribution in [1.82, 2.24) is 4.90 Å². The van der Waals surface area contributed by atoms with E-state index in [0.29, 0.717) is 12.0 Å². The largest absolute Gasteiger partial charge is 0.414 e.